The maximum atomic E-state index is 11.5. The van der Waals surface area contributed by atoms with Gasteiger partial charge >= 0.3 is 0 Å². The first-order valence-electron chi connectivity index (χ1n) is 5.39. The molecule has 0 heterocycles. The van der Waals surface area contributed by atoms with Crippen LogP contribution in [-0.2, 0) is 10.0 Å². The Morgan fingerprint density at radius 2 is 1.73 bits per heavy atom. The Labute approximate surface area is 93.9 Å². The van der Waals surface area contributed by atoms with Crippen LogP contribution in [0.1, 0.15) is 33.6 Å². The third kappa shape index (κ3) is 10.2. The molecule has 4 nitrogen and oxygen atoms in total. The van der Waals surface area contributed by atoms with Crippen LogP contribution in [0, 0.1) is 5.41 Å². The van der Waals surface area contributed by atoms with Crippen LogP contribution < -0.4 is 10.0 Å². The molecule has 0 atom stereocenters. The molecule has 0 unspecified atom stereocenters. The summed E-state index contributed by atoms with van der Waals surface area (Å²) in [4.78, 5) is 0. The molecular weight excluding hydrogens is 212 g/mol. The number of sulfonamides is 1. The minimum Gasteiger partial charge on any atom is -0.320 e. The molecule has 0 bridgehead atoms. The van der Waals surface area contributed by atoms with E-state index in [2.05, 4.69) is 10.0 Å². The van der Waals surface area contributed by atoms with E-state index in [1.807, 2.05) is 27.8 Å². The van der Waals surface area contributed by atoms with E-state index in [1.54, 1.807) is 0 Å². The van der Waals surface area contributed by atoms with Crippen molar-refractivity contribution in [3.8, 4) is 0 Å². The summed E-state index contributed by atoms with van der Waals surface area (Å²) < 4.78 is 25.6. The maximum absolute atomic E-state index is 11.5. The molecule has 0 aliphatic rings. The Morgan fingerprint density at radius 1 is 1.13 bits per heavy atom. The number of hydrogen-bond donors (Lipinski definition) is 2. The van der Waals surface area contributed by atoms with E-state index in [0.29, 0.717) is 13.0 Å². The highest BCUT2D eigenvalue weighted by Crippen LogP contribution is 2.18. The van der Waals surface area contributed by atoms with Crippen LogP contribution in [0.25, 0.3) is 0 Å². The van der Waals surface area contributed by atoms with Gasteiger partial charge in [0.15, 0.2) is 0 Å². The fourth-order valence-electron chi connectivity index (χ4n) is 1.01. The molecule has 0 aliphatic heterocycles. The third-order valence-electron chi connectivity index (χ3n) is 2.05. The van der Waals surface area contributed by atoms with Gasteiger partial charge in [-0.2, -0.15) is 0 Å². The molecule has 2 N–H and O–H groups in total. The molecule has 0 amide bonds. The van der Waals surface area contributed by atoms with Crippen molar-refractivity contribution in [2.75, 3.05) is 25.9 Å². The van der Waals surface area contributed by atoms with E-state index in [-0.39, 0.29) is 11.2 Å². The van der Waals surface area contributed by atoms with E-state index in [0.717, 1.165) is 13.0 Å². The van der Waals surface area contributed by atoms with E-state index < -0.39 is 10.0 Å². The minimum atomic E-state index is -3.07. The molecule has 0 aliphatic carbocycles. The summed E-state index contributed by atoms with van der Waals surface area (Å²) in [5.41, 5.74) is 0.0692. The van der Waals surface area contributed by atoms with Gasteiger partial charge in [0.2, 0.25) is 10.0 Å². The largest absolute Gasteiger partial charge is 0.320 e. The Balaban J connectivity index is 3.78. The molecule has 15 heavy (non-hydrogen) atoms. The molecule has 5 heteroatoms. The van der Waals surface area contributed by atoms with Crippen molar-refractivity contribution in [1.82, 2.24) is 10.0 Å². The van der Waals surface area contributed by atoms with Gasteiger partial charge in [0.1, 0.15) is 0 Å². The van der Waals surface area contributed by atoms with Gasteiger partial charge in [-0.1, -0.05) is 20.8 Å². The maximum Gasteiger partial charge on any atom is 0.211 e. The summed E-state index contributed by atoms with van der Waals surface area (Å²) >= 11 is 0. The van der Waals surface area contributed by atoms with Crippen LogP contribution in [0.2, 0.25) is 0 Å². The van der Waals surface area contributed by atoms with Gasteiger partial charge in [0, 0.05) is 6.54 Å². The number of rotatable bonds is 7. The van der Waals surface area contributed by atoms with E-state index in [1.165, 1.54) is 0 Å². The molecule has 0 rings (SSSR count). The molecule has 0 saturated carbocycles. The van der Waals surface area contributed by atoms with Crippen molar-refractivity contribution in [1.29, 1.82) is 0 Å². The van der Waals surface area contributed by atoms with E-state index in [4.69, 9.17) is 0 Å². The molecule has 0 aromatic carbocycles. The fourth-order valence-corrected chi connectivity index (χ4v) is 2.49. The van der Waals surface area contributed by atoms with Crippen molar-refractivity contribution in [2.24, 2.45) is 5.41 Å². The zero-order chi connectivity index (χ0) is 11.9. The summed E-state index contributed by atoms with van der Waals surface area (Å²) in [6.07, 6.45) is 1.51. The topological polar surface area (TPSA) is 58.2 Å². The lowest BCUT2D eigenvalue weighted by molar-refractivity contribution is 0.396. The van der Waals surface area contributed by atoms with Gasteiger partial charge in [-0.25, -0.2) is 13.1 Å². The summed E-state index contributed by atoms with van der Waals surface area (Å²) in [5, 5.41) is 2.98. The van der Waals surface area contributed by atoms with Crippen LogP contribution in [0.15, 0.2) is 0 Å². The summed E-state index contributed by atoms with van der Waals surface area (Å²) in [6, 6.07) is 0. The van der Waals surface area contributed by atoms with E-state index >= 15 is 0 Å². The Hall–Kier alpha value is -0.130. The van der Waals surface area contributed by atoms with Crippen LogP contribution in [0.4, 0.5) is 0 Å². The SMILES string of the molecule is CNCCCNS(=O)(=O)CCC(C)(C)C. The lowest BCUT2D eigenvalue weighted by Gasteiger charge is -2.17. The van der Waals surface area contributed by atoms with Crippen molar-refractivity contribution < 1.29 is 8.42 Å². The van der Waals surface area contributed by atoms with Gasteiger partial charge in [0.05, 0.1) is 5.75 Å². The van der Waals surface area contributed by atoms with Crippen molar-refractivity contribution in [3.05, 3.63) is 0 Å². The summed E-state index contributed by atoms with van der Waals surface area (Å²) in [5.74, 6) is 0.218. The molecule has 0 spiro atoms. The molecule has 0 radical (unpaired) electrons. The van der Waals surface area contributed by atoms with Crippen molar-refractivity contribution in [2.45, 2.75) is 33.6 Å². The molecule has 0 aromatic rings. The normalized spacial score (nSPS) is 13.1. The average Bonchev–Trinajstić information content (AvgIpc) is 2.09. The van der Waals surface area contributed by atoms with E-state index in [9.17, 15) is 8.42 Å². The lowest BCUT2D eigenvalue weighted by Crippen LogP contribution is -2.30. The van der Waals surface area contributed by atoms with Crippen LogP contribution in [-0.4, -0.2) is 34.3 Å². The van der Waals surface area contributed by atoms with Gasteiger partial charge < -0.3 is 5.32 Å². The second kappa shape index (κ2) is 6.45. The zero-order valence-electron chi connectivity index (χ0n) is 10.3. The molecule has 92 valence electrons. The Kier molecular flexibility index (Phi) is 6.40. The molecule has 0 aromatic heterocycles. The van der Waals surface area contributed by atoms with Gasteiger partial charge in [0.25, 0.3) is 0 Å². The molecule has 0 saturated heterocycles. The first-order chi connectivity index (χ1) is 6.77. The number of hydrogen-bond acceptors (Lipinski definition) is 3. The summed E-state index contributed by atoms with van der Waals surface area (Å²) in [6.45, 7) is 7.49. The number of nitrogens with one attached hydrogen (secondary N) is 2. The third-order valence-corrected chi connectivity index (χ3v) is 3.43. The fraction of sp³-hybridized carbons (Fsp3) is 1.00. The highest BCUT2D eigenvalue weighted by molar-refractivity contribution is 7.89. The highest BCUT2D eigenvalue weighted by atomic mass is 32.2. The van der Waals surface area contributed by atoms with Gasteiger partial charge in [-0.05, 0) is 31.8 Å². The van der Waals surface area contributed by atoms with Crippen LogP contribution >= 0.6 is 0 Å². The predicted octanol–water partition coefficient (Wildman–Crippen LogP) is 0.952. The average molecular weight is 236 g/mol. The standard InChI is InChI=1S/C10H24N2O2S/c1-10(2,3)6-9-15(13,14)12-8-5-7-11-4/h11-12H,5-9H2,1-4H3. The first kappa shape index (κ1) is 14.9. The van der Waals surface area contributed by atoms with Crippen LogP contribution in [0.5, 0.6) is 0 Å². The van der Waals surface area contributed by atoms with Crippen molar-refractivity contribution >= 4 is 10.0 Å². The predicted molar refractivity (Wildman–Crippen MR) is 64.4 cm³/mol. The second-order valence-electron chi connectivity index (χ2n) is 4.98. The highest BCUT2D eigenvalue weighted by Gasteiger charge is 2.16. The smallest absolute Gasteiger partial charge is 0.211 e. The van der Waals surface area contributed by atoms with Crippen molar-refractivity contribution in [3.63, 3.8) is 0 Å². The monoisotopic (exact) mass is 236 g/mol. The summed E-state index contributed by atoms with van der Waals surface area (Å²) in [7, 11) is -1.22. The van der Waals surface area contributed by atoms with Gasteiger partial charge in [-0.3, -0.25) is 0 Å². The second-order valence-corrected chi connectivity index (χ2v) is 6.91. The minimum absolute atomic E-state index is 0.0692. The Morgan fingerprint density at radius 3 is 2.20 bits per heavy atom. The van der Waals surface area contributed by atoms with Crippen LogP contribution in [0.3, 0.4) is 0 Å². The van der Waals surface area contributed by atoms with Gasteiger partial charge in [-0.15, -0.1) is 0 Å². The molecule has 0 fully saturated rings. The molecular formula is C10H24N2O2S. The first-order valence-corrected chi connectivity index (χ1v) is 7.04. The lowest BCUT2D eigenvalue weighted by atomic mass is 9.94. The quantitative estimate of drug-likeness (QED) is 0.647. The zero-order valence-corrected chi connectivity index (χ0v) is 11.1. The Bertz CT molecular complexity index is 255.